The van der Waals surface area contributed by atoms with Crippen molar-refractivity contribution >= 4 is 34.0 Å². The number of anilines is 2. The Hall–Kier alpha value is -5.28. The average Bonchev–Trinajstić information content (AvgIpc) is 3.51. The zero-order valence-electron chi connectivity index (χ0n) is 28.9. The summed E-state index contributed by atoms with van der Waals surface area (Å²) >= 11 is 0. The summed E-state index contributed by atoms with van der Waals surface area (Å²) in [5.74, 6) is 0.632. The van der Waals surface area contributed by atoms with Crippen LogP contribution in [-0.2, 0) is 17.9 Å². The van der Waals surface area contributed by atoms with E-state index in [2.05, 4.69) is 58.4 Å². The predicted octanol–water partition coefficient (Wildman–Crippen LogP) is 7.26. The molecule has 260 valence electrons. The fourth-order valence-electron chi connectivity index (χ4n) is 6.69. The van der Waals surface area contributed by atoms with E-state index in [0.717, 1.165) is 67.2 Å². The van der Waals surface area contributed by atoms with E-state index in [9.17, 15) is 9.59 Å². The number of carboxylic acid groups (broad SMARTS) is 1. The van der Waals surface area contributed by atoms with Gasteiger partial charge in [0.05, 0.1) is 25.1 Å². The maximum Gasteiger partial charge on any atom is 0.303 e. The number of para-hydroxylation sites is 3. The first-order chi connectivity index (χ1) is 24.4. The molecule has 1 saturated heterocycles. The Labute approximate surface area is 294 Å². The van der Waals surface area contributed by atoms with Crippen LogP contribution in [0.1, 0.15) is 46.3 Å². The monoisotopic (exact) mass is 674 g/mol. The van der Waals surface area contributed by atoms with Crippen LogP contribution in [0.3, 0.4) is 0 Å². The molecule has 9 heteroatoms. The summed E-state index contributed by atoms with van der Waals surface area (Å²) in [6.07, 6.45) is 3.27. The Balaban J connectivity index is 1.14. The first kappa shape index (κ1) is 34.6. The topological polar surface area (TPSA) is 96.3 Å². The summed E-state index contributed by atoms with van der Waals surface area (Å²) in [5, 5.41) is 13.5. The highest BCUT2D eigenvalue weighted by Gasteiger charge is 2.21. The second-order valence-electron chi connectivity index (χ2n) is 12.8. The summed E-state index contributed by atoms with van der Waals surface area (Å²) in [5.41, 5.74) is 6.39. The highest BCUT2D eigenvalue weighted by Crippen LogP contribution is 2.31. The number of methoxy groups -OCH3 is 1. The molecule has 0 atom stereocenters. The lowest BCUT2D eigenvalue weighted by Gasteiger charge is -2.36. The van der Waals surface area contributed by atoms with E-state index in [1.54, 1.807) is 7.11 Å². The molecule has 1 fully saturated rings. The third kappa shape index (κ3) is 8.47. The smallest absolute Gasteiger partial charge is 0.303 e. The van der Waals surface area contributed by atoms with E-state index in [-0.39, 0.29) is 12.2 Å². The van der Waals surface area contributed by atoms with Gasteiger partial charge in [0.15, 0.2) is 5.78 Å². The van der Waals surface area contributed by atoms with E-state index in [1.165, 1.54) is 11.1 Å². The lowest BCUT2D eigenvalue weighted by Crippen LogP contribution is -2.46. The van der Waals surface area contributed by atoms with Crippen LogP contribution in [0.4, 0.5) is 11.4 Å². The molecule has 0 saturated carbocycles. The Bertz CT molecular complexity index is 1930. The van der Waals surface area contributed by atoms with E-state index in [0.29, 0.717) is 43.0 Å². The molecule has 5 aromatic rings. The Kier molecular flexibility index (Phi) is 11.4. The molecule has 0 spiro atoms. The number of carbonyl (C=O) groups is 2. The number of fused-ring (bicyclic) bond motifs is 1. The van der Waals surface area contributed by atoms with Gasteiger partial charge in [0, 0.05) is 80.5 Å². The van der Waals surface area contributed by atoms with Crippen molar-refractivity contribution in [3.05, 3.63) is 119 Å². The second-order valence-corrected chi connectivity index (χ2v) is 12.8. The van der Waals surface area contributed by atoms with Crippen LogP contribution in [-0.4, -0.2) is 72.8 Å². The van der Waals surface area contributed by atoms with Crippen molar-refractivity contribution in [1.82, 2.24) is 9.47 Å². The summed E-state index contributed by atoms with van der Waals surface area (Å²) < 4.78 is 14.0. The normalized spacial score (nSPS) is 13.4. The van der Waals surface area contributed by atoms with E-state index < -0.39 is 5.97 Å². The van der Waals surface area contributed by atoms with Crippen LogP contribution < -0.4 is 19.7 Å². The van der Waals surface area contributed by atoms with Gasteiger partial charge in [-0.2, -0.15) is 0 Å². The minimum absolute atomic E-state index is 0.0760. The molecule has 0 unspecified atom stereocenters. The largest absolute Gasteiger partial charge is 0.495 e. The maximum atomic E-state index is 14.0. The molecular weight excluding hydrogens is 628 g/mol. The van der Waals surface area contributed by atoms with Crippen LogP contribution >= 0.6 is 0 Å². The van der Waals surface area contributed by atoms with Gasteiger partial charge in [-0.3, -0.25) is 14.5 Å². The predicted molar refractivity (Wildman–Crippen MR) is 199 cm³/mol. The molecule has 9 nitrogen and oxygen atoms in total. The molecule has 0 radical (unpaired) electrons. The molecule has 1 aromatic heterocycles. The van der Waals surface area contributed by atoms with Gasteiger partial charge in [0.2, 0.25) is 0 Å². The van der Waals surface area contributed by atoms with Gasteiger partial charge in [-0.15, -0.1) is 0 Å². The number of benzene rings is 4. The van der Waals surface area contributed by atoms with Gasteiger partial charge in [-0.1, -0.05) is 60.2 Å². The molecule has 0 aliphatic carbocycles. The maximum absolute atomic E-state index is 14.0. The summed E-state index contributed by atoms with van der Waals surface area (Å²) in [6, 6.07) is 30.0. The minimum atomic E-state index is -0.826. The van der Waals surface area contributed by atoms with Crippen LogP contribution in [0, 0.1) is 6.92 Å². The molecule has 50 heavy (non-hydrogen) atoms. The van der Waals surface area contributed by atoms with Crippen molar-refractivity contribution in [2.45, 2.75) is 39.3 Å². The number of rotatable bonds is 16. The number of aliphatic carboxylic acids is 1. The van der Waals surface area contributed by atoms with Crippen molar-refractivity contribution in [2.75, 3.05) is 56.7 Å². The van der Waals surface area contributed by atoms with Crippen molar-refractivity contribution < 1.29 is 24.2 Å². The fourth-order valence-corrected chi connectivity index (χ4v) is 6.69. The number of ketones is 1. The number of carbonyl (C=O) groups excluding carboxylic acids is 1. The van der Waals surface area contributed by atoms with Gasteiger partial charge in [-0.25, -0.2) is 0 Å². The zero-order chi connectivity index (χ0) is 34.9. The van der Waals surface area contributed by atoms with Crippen molar-refractivity contribution in [1.29, 1.82) is 0 Å². The molecule has 1 aliphatic rings. The van der Waals surface area contributed by atoms with E-state index in [1.807, 2.05) is 65.4 Å². The number of hydrogen-bond donors (Lipinski definition) is 2. The lowest BCUT2D eigenvalue weighted by atomic mass is 10.0. The second kappa shape index (κ2) is 16.4. The highest BCUT2D eigenvalue weighted by atomic mass is 16.5. The molecular formula is C41H46N4O5. The third-order valence-corrected chi connectivity index (χ3v) is 9.31. The van der Waals surface area contributed by atoms with E-state index >= 15 is 0 Å². The van der Waals surface area contributed by atoms with Crippen molar-refractivity contribution in [3.63, 3.8) is 0 Å². The number of piperazine rings is 1. The van der Waals surface area contributed by atoms with Gasteiger partial charge >= 0.3 is 5.97 Å². The average molecular weight is 675 g/mol. The number of nitrogens with one attached hydrogen (secondary N) is 1. The molecule has 0 amide bonds. The molecule has 6 rings (SSSR count). The quantitative estimate of drug-likeness (QED) is 0.0835. The number of aromatic nitrogens is 1. The van der Waals surface area contributed by atoms with Gasteiger partial charge in [0.1, 0.15) is 11.5 Å². The van der Waals surface area contributed by atoms with Crippen LogP contribution in [0.25, 0.3) is 10.9 Å². The Morgan fingerprint density at radius 1 is 0.840 bits per heavy atom. The minimum Gasteiger partial charge on any atom is -0.495 e. The van der Waals surface area contributed by atoms with Gasteiger partial charge in [-0.05, 0) is 61.7 Å². The van der Waals surface area contributed by atoms with Crippen LogP contribution in [0.2, 0.25) is 0 Å². The van der Waals surface area contributed by atoms with E-state index in [4.69, 9.17) is 14.6 Å². The first-order valence-corrected chi connectivity index (χ1v) is 17.4. The molecule has 2 N–H and O–H groups in total. The van der Waals surface area contributed by atoms with Crippen molar-refractivity contribution in [3.8, 4) is 11.5 Å². The Morgan fingerprint density at radius 2 is 1.64 bits per heavy atom. The molecule has 0 bridgehead atoms. The first-order valence-electron chi connectivity index (χ1n) is 17.4. The fraction of sp³-hybridized carbons (Fsp3) is 0.317. The lowest BCUT2D eigenvalue weighted by molar-refractivity contribution is -0.137. The highest BCUT2D eigenvalue weighted by molar-refractivity contribution is 6.16. The Morgan fingerprint density at radius 3 is 2.44 bits per heavy atom. The van der Waals surface area contributed by atoms with Crippen LogP contribution in [0.15, 0.2) is 97.2 Å². The molecule has 4 aromatic carbocycles. The van der Waals surface area contributed by atoms with Gasteiger partial charge in [0.25, 0.3) is 0 Å². The number of aryl methyl sites for hydroxylation is 2. The SMILES string of the molecule is COc1ccccc1N1CCN(CCCOc2cc(C(=O)c3cn(CCCC(=O)O)c4ccccc34)ccc2NCc2cccc(C)c2)CC1. The standard InChI is InChI=1S/C41H46N4O5/c1-30-10-7-11-31(26-30)28-42-35-18-17-32(41(48)34-29-45(20-8-16-40(46)47)36-13-4-3-12-33(34)36)27-39(35)50-25-9-19-43-21-23-44(24-22-43)37-14-5-6-15-38(37)49-2/h3-7,10-15,17-18,26-27,29,42H,8-9,16,19-25,28H2,1-2H3,(H,46,47). The summed E-state index contributed by atoms with van der Waals surface area (Å²) in [7, 11) is 1.72. The van der Waals surface area contributed by atoms with Gasteiger partial charge < -0.3 is 29.4 Å². The summed E-state index contributed by atoms with van der Waals surface area (Å²) in [4.78, 5) is 30.0. The zero-order valence-corrected chi connectivity index (χ0v) is 28.9. The third-order valence-electron chi connectivity index (χ3n) is 9.31. The number of ether oxygens (including phenoxy) is 2. The molecule has 1 aliphatic heterocycles. The van der Waals surface area contributed by atoms with Crippen LogP contribution in [0.5, 0.6) is 11.5 Å². The number of hydrogen-bond acceptors (Lipinski definition) is 7. The number of nitrogens with zero attached hydrogens (tertiary/aromatic N) is 3. The number of carboxylic acids is 1. The van der Waals surface area contributed by atoms with Crippen molar-refractivity contribution in [2.24, 2.45) is 0 Å². The molecule has 2 heterocycles. The summed E-state index contributed by atoms with van der Waals surface area (Å²) in [6.45, 7) is 8.49.